The molecule has 0 radical (unpaired) electrons. The van der Waals surface area contributed by atoms with Crippen molar-refractivity contribution in [2.75, 3.05) is 18.5 Å². The third-order valence-electron chi connectivity index (χ3n) is 4.30. The van der Waals surface area contributed by atoms with Crippen molar-refractivity contribution in [1.82, 2.24) is 10.3 Å². The lowest BCUT2D eigenvalue weighted by molar-refractivity contribution is -0.134. The van der Waals surface area contributed by atoms with Crippen LogP contribution in [0.1, 0.15) is 18.2 Å². The number of carboxylic acids is 1. The molecule has 0 atom stereocenters. The van der Waals surface area contributed by atoms with Gasteiger partial charge in [0.05, 0.1) is 12.3 Å². The molecular weight excluding hydrogens is 366 g/mol. The SMILES string of the molecule is CCOc1cccc(-c2ccc(CNCc3cccc(NCC(=O)O)n3)cc2)c1. The second-order valence-corrected chi connectivity index (χ2v) is 6.52. The average Bonchev–Trinajstić information content (AvgIpc) is 2.74. The molecule has 0 aliphatic heterocycles. The molecule has 6 nitrogen and oxygen atoms in total. The van der Waals surface area contributed by atoms with Crippen LogP contribution < -0.4 is 15.4 Å². The van der Waals surface area contributed by atoms with Gasteiger partial charge in [0.1, 0.15) is 18.1 Å². The maximum Gasteiger partial charge on any atom is 0.322 e. The van der Waals surface area contributed by atoms with Crippen LogP contribution in [0.5, 0.6) is 5.75 Å². The van der Waals surface area contributed by atoms with Gasteiger partial charge in [0.25, 0.3) is 0 Å². The molecule has 3 aromatic rings. The molecule has 0 bridgehead atoms. The molecule has 29 heavy (non-hydrogen) atoms. The molecular formula is C23H25N3O3. The number of carboxylic acid groups (broad SMARTS) is 1. The summed E-state index contributed by atoms with van der Waals surface area (Å²) in [6.07, 6.45) is 0. The normalized spacial score (nSPS) is 10.5. The monoisotopic (exact) mass is 391 g/mol. The van der Waals surface area contributed by atoms with Gasteiger partial charge in [0.2, 0.25) is 0 Å². The van der Waals surface area contributed by atoms with Crippen LogP contribution in [-0.4, -0.2) is 29.2 Å². The van der Waals surface area contributed by atoms with Crippen molar-refractivity contribution in [3.63, 3.8) is 0 Å². The van der Waals surface area contributed by atoms with Gasteiger partial charge in [0.15, 0.2) is 0 Å². The maximum atomic E-state index is 10.6. The highest BCUT2D eigenvalue weighted by atomic mass is 16.5. The third kappa shape index (κ3) is 6.33. The van der Waals surface area contributed by atoms with E-state index >= 15 is 0 Å². The number of hydrogen-bond donors (Lipinski definition) is 3. The number of hydrogen-bond acceptors (Lipinski definition) is 5. The quantitative estimate of drug-likeness (QED) is 0.486. The van der Waals surface area contributed by atoms with Crippen LogP contribution >= 0.6 is 0 Å². The summed E-state index contributed by atoms with van der Waals surface area (Å²) < 4.78 is 5.57. The number of nitrogens with one attached hydrogen (secondary N) is 2. The molecule has 6 heteroatoms. The van der Waals surface area contributed by atoms with E-state index in [0.717, 1.165) is 22.6 Å². The van der Waals surface area contributed by atoms with E-state index in [0.29, 0.717) is 25.5 Å². The molecule has 2 aromatic carbocycles. The number of rotatable bonds is 10. The topological polar surface area (TPSA) is 83.5 Å². The molecule has 1 heterocycles. The first-order valence-corrected chi connectivity index (χ1v) is 9.58. The van der Waals surface area contributed by atoms with Crippen LogP contribution in [0.15, 0.2) is 66.7 Å². The minimum Gasteiger partial charge on any atom is -0.494 e. The van der Waals surface area contributed by atoms with Crippen molar-refractivity contribution in [3.05, 3.63) is 78.0 Å². The van der Waals surface area contributed by atoms with Crippen LogP contribution in [0, 0.1) is 0 Å². The molecule has 0 amide bonds. The summed E-state index contributed by atoms with van der Waals surface area (Å²) in [4.78, 5) is 15.0. The highest BCUT2D eigenvalue weighted by Gasteiger charge is 2.03. The van der Waals surface area contributed by atoms with Crippen molar-refractivity contribution >= 4 is 11.8 Å². The molecule has 0 spiro atoms. The Morgan fingerprint density at radius 1 is 1.00 bits per heavy atom. The fraction of sp³-hybridized carbons (Fsp3) is 0.217. The van der Waals surface area contributed by atoms with Gasteiger partial charge in [-0.2, -0.15) is 0 Å². The molecule has 0 saturated carbocycles. The molecule has 3 rings (SSSR count). The van der Waals surface area contributed by atoms with E-state index in [-0.39, 0.29) is 6.54 Å². The van der Waals surface area contributed by atoms with Gasteiger partial charge in [-0.3, -0.25) is 4.79 Å². The number of ether oxygens (including phenoxy) is 1. The Kier molecular flexibility index (Phi) is 7.19. The first-order valence-electron chi connectivity index (χ1n) is 9.58. The van der Waals surface area contributed by atoms with E-state index in [1.807, 2.05) is 37.3 Å². The summed E-state index contributed by atoms with van der Waals surface area (Å²) in [5.74, 6) is 0.525. The highest BCUT2D eigenvalue weighted by Crippen LogP contribution is 2.24. The van der Waals surface area contributed by atoms with Gasteiger partial charge in [-0.15, -0.1) is 0 Å². The lowest BCUT2D eigenvalue weighted by Gasteiger charge is -2.09. The molecule has 1 aromatic heterocycles. The fourth-order valence-corrected chi connectivity index (χ4v) is 2.92. The second kappa shape index (κ2) is 10.2. The van der Waals surface area contributed by atoms with E-state index in [1.165, 1.54) is 5.56 Å². The van der Waals surface area contributed by atoms with Gasteiger partial charge in [-0.1, -0.05) is 42.5 Å². The average molecular weight is 391 g/mol. The predicted molar refractivity (Wildman–Crippen MR) is 114 cm³/mol. The molecule has 0 aliphatic rings. The zero-order chi connectivity index (χ0) is 20.5. The van der Waals surface area contributed by atoms with Crippen LogP contribution in [0.4, 0.5) is 5.82 Å². The summed E-state index contributed by atoms with van der Waals surface area (Å²) in [6.45, 7) is 3.80. The largest absolute Gasteiger partial charge is 0.494 e. The van der Waals surface area contributed by atoms with Crippen LogP contribution in [-0.2, 0) is 17.9 Å². The van der Waals surface area contributed by atoms with Gasteiger partial charge >= 0.3 is 5.97 Å². The van der Waals surface area contributed by atoms with E-state index in [2.05, 4.69) is 45.9 Å². The highest BCUT2D eigenvalue weighted by molar-refractivity contribution is 5.72. The van der Waals surface area contributed by atoms with Crippen LogP contribution in [0.25, 0.3) is 11.1 Å². The smallest absolute Gasteiger partial charge is 0.322 e. The Bertz CT molecular complexity index is 942. The van der Waals surface area contributed by atoms with E-state index in [4.69, 9.17) is 9.84 Å². The molecule has 0 saturated heterocycles. The fourth-order valence-electron chi connectivity index (χ4n) is 2.92. The zero-order valence-electron chi connectivity index (χ0n) is 16.4. The number of nitrogens with zero attached hydrogens (tertiary/aromatic N) is 1. The minimum atomic E-state index is -0.914. The summed E-state index contributed by atoms with van der Waals surface area (Å²) in [7, 11) is 0. The summed E-state index contributed by atoms with van der Waals surface area (Å²) in [6, 6.07) is 22.0. The van der Waals surface area contributed by atoms with Crippen molar-refractivity contribution in [1.29, 1.82) is 0 Å². The minimum absolute atomic E-state index is 0.149. The lowest BCUT2D eigenvalue weighted by atomic mass is 10.0. The number of aromatic nitrogens is 1. The summed E-state index contributed by atoms with van der Waals surface area (Å²) in [5, 5.41) is 14.9. The number of carbonyl (C=O) groups is 1. The Balaban J connectivity index is 1.54. The second-order valence-electron chi connectivity index (χ2n) is 6.52. The first kappa shape index (κ1) is 20.4. The number of benzene rings is 2. The van der Waals surface area contributed by atoms with Crippen molar-refractivity contribution < 1.29 is 14.6 Å². The van der Waals surface area contributed by atoms with Gasteiger partial charge in [-0.05, 0) is 47.9 Å². The van der Waals surface area contributed by atoms with Crippen LogP contribution in [0.3, 0.4) is 0 Å². The predicted octanol–water partition coefficient (Wildman–Crippen LogP) is 3.93. The van der Waals surface area contributed by atoms with Crippen molar-refractivity contribution in [2.45, 2.75) is 20.0 Å². The molecule has 0 fully saturated rings. The van der Waals surface area contributed by atoms with E-state index < -0.39 is 5.97 Å². The van der Waals surface area contributed by atoms with E-state index in [9.17, 15) is 4.79 Å². The first-order chi connectivity index (χ1) is 14.1. The van der Waals surface area contributed by atoms with Gasteiger partial charge < -0.3 is 20.5 Å². The van der Waals surface area contributed by atoms with Crippen LogP contribution in [0.2, 0.25) is 0 Å². The number of anilines is 1. The molecule has 0 aliphatic carbocycles. The third-order valence-corrected chi connectivity index (χ3v) is 4.30. The Morgan fingerprint density at radius 2 is 1.79 bits per heavy atom. The number of pyridine rings is 1. The van der Waals surface area contributed by atoms with Gasteiger partial charge in [-0.25, -0.2) is 4.98 Å². The summed E-state index contributed by atoms with van der Waals surface area (Å²) in [5.41, 5.74) is 4.30. The number of aliphatic carboxylic acids is 1. The lowest BCUT2D eigenvalue weighted by Crippen LogP contribution is -2.16. The van der Waals surface area contributed by atoms with Crippen molar-refractivity contribution in [2.24, 2.45) is 0 Å². The standard InChI is InChI=1S/C23H25N3O3/c1-2-29-21-7-3-5-19(13-21)18-11-9-17(10-12-18)14-24-15-20-6-4-8-22(26-20)25-16-23(27)28/h3-13,24H,2,14-16H2,1H3,(H,25,26)(H,27,28). The molecule has 3 N–H and O–H groups in total. The van der Waals surface area contributed by atoms with E-state index in [1.54, 1.807) is 6.07 Å². The Labute approximate surface area is 170 Å². The molecule has 0 unspecified atom stereocenters. The van der Waals surface area contributed by atoms with Crippen molar-refractivity contribution in [3.8, 4) is 16.9 Å². The Hall–Kier alpha value is -3.38. The molecule has 150 valence electrons. The zero-order valence-corrected chi connectivity index (χ0v) is 16.4. The maximum absolute atomic E-state index is 10.6. The van der Waals surface area contributed by atoms with Gasteiger partial charge in [0, 0.05) is 13.1 Å². The summed E-state index contributed by atoms with van der Waals surface area (Å²) >= 11 is 0. The Morgan fingerprint density at radius 3 is 2.55 bits per heavy atom.